The fourth-order valence-corrected chi connectivity index (χ4v) is 3.27. The number of amides is 1. The summed E-state index contributed by atoms with van der Waals surface area (Å²) in [6.07, 6.45) is 6.69. The molecule has 1 N–H and O–H groups in total. The molecule has 0 aliphatic carbocycles. The van der Waals surface area contributed by atoms with E-state index in [2.05, 4.69) is 4.98 Å². The Morgan fingerprint density at radius 1 is 1.28 bits per heavy atom. The van der Waals surface area contributed by atoms with Crippen LogP contribution in [0, 0.1) is 0 Å². The Morgan fingerprint density at radius 2 is 2.08 bits per heavy atom. The topological polar surface area (TPSA) is 89.0 Å². The Kier molecular flexibility index (Phi) is 5.99. The van der Waals surface area contributed by atoms with Crippen LogP contribution in [0.25, 0.3) is 0 Å². The Morgan fingerprint density at radius 3 is 2.76 bits per heavy atom. The number of hydrogen-bond acceptors (Lipinski definition) is 5. The second-order valence-corrected chi connectivity index (χ2v) is 6.55. The molecule has 2 saturated heterocycles. The first-order chi connectivity index (χ1) is 12.1. The summed E-state index contributed by atoms with van der Waals surface area (Å²) in [7, 11) is 0. The van der Waals surface area contributed by atoms with E-state index in [1.807, 2.05) is 0 Å². The lowest BCUT2D eigenvalue weighted by atomic mass is 10.1. The Balaban J connectivity index is 1.47. The minimum atomic E-state index is -1.13. The second kappa shape index (κ2) is 8.40. The van der Waals surface area contributed by atoms with Gasteiger partial charge in [0.2, 0.25) is 0 Å². The number of rotatable bonds is 5. The number of carbonyl (C=O) groups is 2. The van der Waals surface area contributed by atoms with Crippen LogP contribution in [-0.4, -0.2) is 65.4 Å². The summed E-state index contributed by atoms with van der Waals surface area (Å²) in [5.74, 6) is -1.29. The smallest absolute Gasteiger partial charge is 0.354 e. The van der Waals surface area contributed by atoms with Gasteiger partial charge in [0.05, 0.1) is 18.8 Å². The number of pyridine rings is 1. The highest BCUT2D eigenvalue weighted by atomic mass is 16.5. The summed E-state index contributed by atoms with van der Waals surface area (Å²) < 4.78 is 11.6. The summed E-state index contributed by atoms with van der Waals surface area (Å²) in [5.41, 5.74) is 0.249. The number of hydrogen-bond donors (Lipinski definition) is 1. The van der Waals surface area contributed by atoms with Crippen molar-refractivity contribution in [3.05, 3.63) is 29.6 Å². The molecule has 25 heavy (non-hydrogen) atoms. The molecule has 3 heterocycles. The van der Waals surface area contributed by atoms with E-state index in [0.717, 1.165) is 32.3 Å². The zero-order chi connectivity index (χ0) is 17.6. The highest BCUT2D eigenvalue weighted by molar-refractivity contribution is 5.96. The average molecular weight is 348 g/mol. The van der Waals surface area contributed by atoms with Gasteiger partial charge in [-0.05, 0) is 44.2 Å². The van der Waals surface area contributed by atoms with E-state index in [1.54, 1.807) is 11.0 Å². The Hall–Kier alpha value is -1.99. The van der Waals surface area contributed by atoms with Crippen molar-refractivity contribution in [1.29, 1.82) is 0 Å². The van der Waals surface area contributed by atoms with Crippen molar-refractivity contribution in [2.24, 2.45) is 0 Å². The first-order valence-electron chi connectivity index (χ1n) is 8.85. The number of aromatic nitrogens is 1. The molecular formula is C18H24N2O5. The standard InChI is InChI=1S/C18H24N2O5/c21-17(13-4-7-19-16(11-13)18(22)23)20-8-5-14(6-9-20)25-12-15-3-1-2-10-24-15/h4,7,11,14-15H,1-3,5-6,8-10,12H2,(H,22,23). The molecule has 1 amide bonds. The third-order valence-corrected chi connectivity index (χ3v) is 4.75. The van der Waals surface area contributed by atoms with Crippen LogP contribution in [-0.2, 0) is 9.47 Å². The van der Waals surface area contributed by atoms with E-state index in [1.165, 1.54) is 18.7 Å². The van der Waals surface area contributed by atoms with Gasteiger partial charge in [-0.1, -0.05) is 0 Å². The van der Waals surface area contributed by atoms with Crippen molar-refractivity contribution in [3.8, 4) is 0 Å². The maximum absolute atomic E-state index is 12.5. The van der Waals surface area contributed by atoms with Gasteiger partial charge in [-0.3, -0.25) is 4.79 Å². The Labute approximate surface area is 146 Å². The number of aromatic carboxylic acids is 1. The van der Waals surface area contributed by atoms with Gasteiger partial charge in [0.1, 0.15) is 5.69 Å². The van der Waals surface area contributed by atoms with Crippen LogP contribution >= 0.6 is 0 Å². The van der Waals surface area contributed by atoms with Gasteiger partial charge in [-0.15, -0.1) is 0 Å². The summed E-state index contributed by atoms with van der Waals surface area (Å²) in [6.45, 7) is 2.68. The molecule has 1 aromatic heterocycles. The molecule has 0 radical (unpaired) electrons. The fraction of sp³-hybridized carbons (Fsp3) is 0.611. The number of carboxylic acid groups (broad SMARTS) is 1. The monoisotopic (exact) mass is 348 g/mol. The average Bonchev–Trinajstić information content (AvgIpc) is 2.67. The van der Waals surface area contributed by atoms with E-state index in [0.29, 0.717) is 25.3 Å². The van der Waals surface area contributed by atoms with E-state index < -0.39 is 5.97 Å². The third kappa shape index (κ3) is 4.76. The van der Waals surface area contributed by atoms with Crippen molar-refractivity contribution >= 4 is 11.9 Å². The molecular weight excluding hydrogens is 324 g/mol. The molecule has 7 nitrogen and oxygen atoms in total. The largest absolute Gasteiger partial charge is 0.477 e. The highest BCUT2D eigenvalue weighted by Crippen LogP contribution is 2.19. The molecule has 2 fully saturated rings. The van der Waals surface area contributed by atoms with Crippen molar-refractivity contribution in [2.75, 3.05) is 26.3 Å². The van der Waals surface area contributed by atoms with Crippen LogP contribution in [0.15, 0.2) is 18.3 Å². The lowest BCUT2D eigenvalue weighted by Gasteiger charge is -2.33. The lowest BCUT2D eigenvalue weighted by molar-refractivity contribution is -0.0733. The molecule has 0 aromatic carbocycles. The van der Waals surface area contributed by atoms with E-state index in [4.69, 9.17) is 14.6 Å². The second-order valence-electron chi connectivity index (χ2n) is 6.55. The van der Waals surface area contributed by atoms with Gasteiger partial charge >= 0.3 is 5.97 Å². The first kappa shape index (κ1) is 17.8. The van der Waals surface area contributed by atoms with Crippen LogP contribution in [0.1, 0.15) is 53.0 Å². The summed E-state index contributed by atoms with van der Waals surface area (Å²) in [6, 6.07) is 2.88. The molecule has 0 bridgehead atoms. The molecule has 1 aromatic rings. The van der Waals surface area contributed by atoms with Crippen molar-refractivity contribution in [2.45, 2.75) is 44.3 Å². The first-order valence-corrected chi connectivity index (χ1v) is 8.85. The molecule has 3 rings (SSSR count). The predicted octanol–water partition coefficient (Wildman–Crippen LogP) is 1.97. The number of nitrogens with zero attached hydrogens (tertiary/aromatic N) is 2. The van der Waals surface area contributed by atoms with Crippen LogP contribution in [0.2, 0.25) is 0 Å². The Bertz CT molecular complexity index is 607. The van der Waals surface area contributed by atoms with Gasteiger partial charge in [0, 0.05) is 31.5 Å². The fourth-order valence-electron chi connectivity index (χ4n) is 3.27. The zero-order valence-electron chi connectivity index (χ0n) is 14.2. The number of piperidine rings is 1. The van der Waals surface area contributed by atoms with E-state index in [9.17, 15) is 9.59 Å². The molecule has 2 aliphatic rings. The lowest BCUT2D eigenvalue weighted by Crippen LogP contribution is -2.41. The van der Waals surface area contributed by atoms with Crippen LogP contribution < -0.4 is 0 Å². The predicted molar refractivity (Wildman–Crippen MR) is 89.7 cm³/mol. The van der Waals surface area contributed by atoms with Crippen molar-refractivity contribution in [3.63, 3.8) is 0 Å². The molecule has 0 spiro atoms. The van der Waals surface area contributed by atoms with Crippen molar-refractivity contribution < 1.29 is 24.2 Å². The SMILES string of the molecule is O=C(O)c1cc(C(=O)N2CCC(OCC3CCCCO3)CC2)ccn1. The normalized spacial score (nSPS) is 21.9. The summed E-state index contributed by atoms with van der Waals surface area (Å²) in [5, 5.41) is 8.99. The molecule has 2 aliphatic heterocycles. The van der Waals surface area contributed by atoms with Crippen molar-refractivity contribution in [1.82, 2.24) is 9.88 Å². The van der Waals surface area contributed by atoms with Gasteiger partial charge in [-0.25, -0.2) is 9.78 Å². The number of carboxylic acids is 1. The van der Waals surface area contributed by atoms with Gasteiger partial charge < -0.3 is 19.5 Å². The summed E-state index contributed by atoms with van der Waals surface area (Å²) in [4.78, 5) is 29.0. The highest BCUT2D eigenvalue weighted by Gasteiger charge is 2.25. The molecule has 1 atom stereocenters. The van der Waals surface area contributed by atoms with E-state index >= 15 is 0 Å². The van der Waals surface area contributed by atoms with Gasteiger partial charge in [0.15, 0.2) is 0 Å². The number of carbonyl (C=O) groups excluding carboxylic acids is 1. The van der Waals surface area contributed by atoms with Gasteiger partial charge in [-0.2, -0.15) is 0 Å². The van der Waals surface area contributed by atoms with Crippen LogP contribution in [0.4, 0.5) is 0 Å². The molecule has 136 valence electrons. The minimum Gasteiger partial charge on any atom is -0.477 e. The molecule has 0 saturated carbocycles. The number of ether oxygens (including phenoxy) is 2. The molecule has 7 heteroatoms. The quantitative estimate of drug-likeness (QED) is 0.875. The zero-order valence-corrected chi connectivity index (χ0v) is 14.2. The maximum atomic E-state index is 12.5. The van der Waals surface area contributed by atoms with Gasteiger partial charge in [0.25, 0.3) is 5.91 Å². The third-order valence-electron chi connectivity index (χ3n) is 4.75. The van der Waals surface area contributed by atoms with Crippen LogP contribution in [0.3, 0.4) is 0 Å². The van der Waals surface area contributed by atoms with Crippen LogP contribution in [0.5, 0.6) is 0 Å². The summed E-state index contributed by atoms with van der Waals surface area (Å²) >= 11 is 0. The minimum absolute atomic E-state index is 0.114. The number of likely N-dealkylation sites (tertiary alicyclic amines) is 1. The molecule has 1 unspecified atom stereocenters. The van der Waals surface area contributed by atoms with E-state index in [-0.39, 0.29) is 23.8 Å². The maximum Gasteiger partial charge on any atom is 0.354 e.